The molecule has 0 spiro atoms. The van der Waals surface area contributed by atoms with Crippen LogP contribution in [0.4, 0.5) is 10.5 Å². The third-order valence-corrected chi connectivity index (χ3v) is 3.11. The molecule has 0 bridgehead atoms. The van der Waals surface area contributed by atoms with Gasteiger partial charge in [-0.3, -0.25) is 4.79 Å². The lowest BCUT2D eigenvalue weighted by molar-refractivity contribution is -0.137. The summed E-state index contributed by atoms with van der Waals surface area (Å²) in [6.07, 6.45) is 0. The first-order valence-corrected chi connectivity index (χ1v) is 6.55. The topological polar surface area (TPSA) is 69.6 Å². The minimum atomic E-state index is -1.02. The number of nitrogens with one attached hydrogen (secondary N) is 1. The van der Waals surface area contributed by atoms with Crippen LogP contribution < -0.4 is 5.32 Å². The average molecular weight is 362 g/mol. The smallest absolute Gasteiger partial charge is 0.323 e. The van der Waals surface area contributed by atoms with Crippen LogP contribution in [0.5, 0.6) is 0 Å². The van der Waals surface area contributed by atoms with E-state index in [0.29, 0.717) is 12.2 Å². The van der Waals surface area contributed by atoms with Crippen LogP contribution in [-0.2, 0) is 4.79 Å². The number of anilines is 1. The van der Waals surface area contributed by atoms with Gasteiger partial charge in [0.05, 0.1) is 0 Å². The van der Waals surface area contributed by atoms with E-state index in [1.165, 1.54) is 4.90 Å². The van der Waals surface area contributed by atoms with Gasteiger partial charge in [-0.25, -0.2) is 4.79 Å². The molecular weight excluding hydrogens is 347 g/mol. The van der Waals surface area contributed by atoms with Crippen LogP contribution in [0, 0.1) is 10.5 Å². The Bertz CT molecular complexity index is 463. The Morgan fingerprint density at radius 3 is 2.67 bits per heavy atom. The monoisotopic (exact) mass is 362 g/mol. The zero-order valence-electron chi connectivity index (χ0n) is 10.2. The summed E-state index contributed by atoms with van der Waals surface area (Å²) in [5.41, 5.74) is 1.64. The first kappa shape index (κ1) is 14.7. The van der Waals surface area contributed by atoms with Gasteiger partial charge in [-0.05, 0) is 54.1 Å². The van der Waals surface area contributed by atoms with E-state index >= 15 is 0 Å². The molecule has 2 N–H and O–H groups in total. The molecule has 0 saturated heterocycles. The summed E-state index contributed by atoms with van der Waals surface area (Å²) >= 11 is 2.16. The number of hydrogen-bond donors (Lipinski definition) is 2. The van der Waals surface area contributed by atoms with E-state index in [-0.39, 0.29) is 6.54 Å². The molecule has 0 aromatic heterocycles. The minimum absolute atomic E-state index is 0.300. The molecule has 1 rings (SSSR count). The van der Waals surface area contributed by atoms with Crippen LogP contribution in [0.15, 0.2) is 18.2 Å². The number of urea groups is 1. The van der Waals surface area contributed by atoms with Gasteiger partial charge in [0.2, 0.25) is 0 Å². The summed E-state index contributed by atoms with van der Waals surface area (Å²) in [7, 11) is 0. The van der Waals surface area contributed by atoms with E-state index in [2.05, 4.69) is 27.9 Å². The lowest BCUT2D eigenvalue weighted by Crippen LogP contribution is -2.38. The van der Waals surface area contributed by atoms with Crippen LogP contribution in [-0.4, -0.2) is 35.1 Å². The molecule has 0 fully saturated rings. The molecular formula is C12H15IN2O3. The molecule has 0 aliphatic carbocycles. The van der Waals surface area contributed by atoms with Gasteiger partial charge in [-0.15, -0.1) is 0 Å². The van der Waals surface area contributed by atoms with Gasteiger partial charge < -0.3 is 15.3 Å². The standard InChI is InChI=1S/C12H15IN2O3/c1-3-15(7-11(16)17)12(18)14-10-6-9(13)5-4-8(10)2/h4-6H,3,7H2,1-2H3,(H,14,18)(H,16,17). The maximum absolute atomic E-state index is 11.9. The fraction of sp³-hybridized carbons (Fsp3) is 0.333. The van der Waals surface area contributed by atoms with Crippen LogP contribution >= 0.6 is 22.6 Å². The number of hydrogen-bond acceptors (Lipinski definition) is 2. The van der Waals surface area contributed by atoms with Crippen molar-refractivity contribution in [2.45, 2.75) is 13.8 Å². The molecule has 6 heteroatoms. The second-order valence-electron chi connectivity index (χ2n) is 3.80. The first-order chi connectivity index (χ1) is 8.43. The molecule has 1 aromatic rings. The molecule has 0 aliphatic heterocycles. The largest absolute Gasteiger partial charge is 0.480 e. The number of carboxylic acid groups (broad SMARTS) is 1. The van der Waals surface area contributed by atoms with Crippen molar-refractivity contribution in [1.82, 2.24) is 4.90 Å². The number of amides is 2. The van der Waals surface area contributed by atoms with Gasteiger partial charge in [0, 0.05) is 15.8 Å². The van der Waals surface area contributed by atoms with Crippen molar-refractivity contribution in [3.63, 3.8) is 0 Å². The molecule has 18 heavy (non-hydrogen) atoms. The Morgan fingerprint density at radius 2 is 2.11 bits per heavy atom. The zero-order valence-corrected chi connectivity index (χ0v) is 12.4. The van der Waals surface area contributed by atoms with Crippen LogP contribution in [0.2, 0.25) is 0 Å². The van der Waals surface area contributed by atoms with Crippen molar-refractivity contribution >= 4 is 40.3 Å². The Hall–Kier alpha value is -1.31. The number of rotatable bonds is 4. The first-order valence-electron chi connectivity index (χ1n) is 5.48. The van der Waals surface area contributed by atoms with E-state index in [9.17, 15) is 9.59 Å². The van der Waals surface area contributed by atoms with Crippen molar-refractivity contribution < 1.29 is 14.7 Å². The fourth-order valence-corrected chi connectivity index (χ4v) is 1.90. The van der Waals surface area contributed by atoms with Gasteiger partial charge in [0.15, 0.2) is 0 Å². The van der Waals surface area contributed by atoms with Gasteiger partial charge >= 0.3 is 12.0 Å². The number of benzene rings is 1. The molecule has 0 atom stereocenters. The maximum Gasteiger partial charge on any atom is 0.323 e. The SMILES string of the molecule is CCN(CC(=O)O)C(=O)Nc1cc(I)ccc1C. The summed E-state index contributed by atoms with van der Waals surface area (Å²) in [5.74, 6) is -1.02. The zero-order chi connectivity index (χ0) is 13.7. The molecule has 0 aliphatic rings. The number of halogens is 1. The van der Waals surface area contributed by atoms with Crippen LogP contribution in [0.1, 0.15) is 12.5 Å². The highest BCUT2D eigenvalue weighted by molar-refractivity contribution is 14.1. The Labute approximate surface area is 119 Å². The summed E-state index contributed by atoms with van der Waals surface area (Å²) in [5, 5.41) is 11.4. The van der Waals surface area contributed by atoms with E-state index in [1.54, 1.807) is 6.92 Å². The second-order valence-corrected chi connectivity index (χ2v) is 5.04. The minimum Gasteiger partial charge on any atom is -0.480 e. The number of aryl methyl sites for hydroxylation is 1. The van der Waals surface area contributed by atoms with Crippen LogP contribution in [0.25, 0.3) is 0 Å². The molecule has 1 aromatic carbocycles. The highest BCUT2D eigenvalue weighted by atomic mass is 127. The van der Waals surface area contributed by atoms with Crippen molar-refractivity contribution in [3.8, 4) is 0 Å². The third-order valence-electron chi connectivity index (χ3n) is 2.44. The normalized spacial score (nSPS) is 9.94. The van der Waals surface area contributed by atoms with Crippen molar-refractivity contribution in [2.75, 3.05) is 18.4 Å². The predicted octanol–water partition coefficient (Wildman–Crippen LogP) is 2.54. The lowest BCUT2D eigenvalue weighted by Gasteiger charge is -2.20. The fourth-order valence-electron chi connectivity index (χ4n) is 1.41. The Kier molecular flexibility index (Phi) is 5.39. The second kappa shape index (κ2) is 6.58. The van der Waals surface area contributed by atoms with Gasteiger partial charge in [-0.2, -0.15) is 0 Å². The summed E-state index contributed by atoms with van der Waals surface area (Å²) < 4.78 is 1.01. The van der Waals surface area contributed by atoms with Gasteiger partial charge in [0.25, 0.3) is 0 Å². The molecule has 0 heterocycles. The van der Waals surface area contributed by atoms with E-state index in [1.807, 2.05) is 25.1 Å². The van der Waals surface area contributed by atoms with Crippen LogP contribution in [0.3, 0.4) is 0 Å². The van der Waals surface area contributed by atoms with Gasteiger partial charge in [0.1, 0.15) is 6.54 Å². The Balaban J connectivity index is 2.79. The van der Waals surface area contributed by atoms with E-state index in [0.717, 1.165) is 9.13 Å². The molecule has 2 amide bonds. The number of carboxylic acids is 1. The highest BCUT2D eigenvalue weighted by Crippen LogP contribution is 2.18. The molecule has 98 valence electrons. The third kappa shape index (κ3) is 4.17. The maximum atomic E-state index is 11.9. The summed E-state index contributed by atoms with van der Waals surface area (Å²) in [6, 6.07) is 5.30. The van der Waals surface area contributed by atoms with Crippen molar-refractivity contribution in [3.05, 3.63) is 27.3 Å². The number of aliphatic carboxylic acids is 1. The molecule has 5 nitrogen and oxygen atoms in total. The lowest BCUT2D eigenvalue weighted by atomic mass is 10.2. The highest BCUT2D eigenvalue weighted by Gasteiger charge is 2.15. The Morgan fingerprint density at radius 1 is 1.44 bits per heavy atom. The number of carbonyl (C=O) groups excluding carboxylic acids is 1. The number of likely N-dealkylation sites (N-methyl/N-ethyl adjacent to an activating group) is 1. The van der Waals surface area contributed by atoms with Crippen molar-refractivity contribution in [2.24, 2.45) is 0 Å². The quantitative estimate of drug-likeness (QED) is 0.809. The summed E-state index contributed by atoms with van der Waals surface area (Å²) in [6.45, 7) is 3.68. The molecule has 0 unspecified atom stereocenters. The predicted molar refractivity (Wildman–Crippen MR) is 77.8 cm³/mol. The summed E-state index contributed by atoms with van der Waals surface area (Å²) in [4.78, 5) is 23.8. The average Bonchev–Trinajstić information content (AvgIpc) is 2.30. The molecule has 0 saturated carbocycles. The van der Waals surface area contributed by atoms with E-state index in [4.69, 9.17) is 5.11 Å². The number of nitrogens with zero attached hydrogens (tertiary/aromatic N) is 1. The van der Waals surface area contributed by atoms with E-state index < -0.39 is 12.0 Å². The van der Waals surface area contributed by atoms with Crippen molar-refractivity contribution in [1.29, 1.82) is 0 Å². The number of carbonyl (C=O) groups is 2. The molecule has 0 radical (unpaired) electrons. The van der Waals surface area contributed by atoms with Gasteiger partial charge in [-0.1, -0.05) is 6.07 Å².